The molecule has 2 heterocycles. The van der Waals surface area contributed by atoms with Gasteiger partial charge in [0.2, 0.25) is 5.91 Å². The Bertz CT molecular complexity index is 934. The van der Waals surface area contributed by atoms with Crippen LogP contribution in [0.2, 0.25) is 0 Å². The maximum absolute atomic E-state index is 12.7. The third-order valence-corrected chi connectivity index (χ3v) is 8.73. The fourth-order valence-electron chi connectivity index (χ4n) is 6.08. The zero-order valence-corrected chi connectivity index (χ0v) is 27.0. The van der Waals surface area contributed by atoms with E-state index in [0.29, 0.717) is 65.4 Å². The van der Waals surface area contributed by atoms with E-state index < -0.39 is 0 Å². The van der Waals surface area contributed by atoms with Crippen molar-refractivity contribution in [1.82, 2.24) is 10.6 Å². The fraction of sp³-hybridized carbons (Fsp3) is 0.844. The predicted octanol–water partition coefficient (Wildman–Crippen LogP) is 2.74. The Hall–Kier alpha value is -1.89. The molecule has 7 atom stereocenters. The number of carbonyl (C=O) groups excluding carboxylic acids is 3. The molecule has 246 valence electrons. The molecule has 0 aromatic rings. The summed E-state index contributed by atoms with van der Waals surface area (Å²) in [6.07, 6.45) is 6.09. The maximum Gasteiger partial charge on any atom is 0.306 e. The summed E-state index contributed by atoms with van der Waals surface area (Å²) in [7, 11) is 1.68. The SMILES string of the molecule is COC1C(OC(=O)CCCOCCOCCNC(=O)CCN[C@H](C=O)C(C)C)CC[C@]2(CO2)C1[C@]1(C)O[C@@H]1CC=C(C)C. The summed E-state index contributed by atoms with van der Waals surface area (Å²) >= 11 is 0. The van der Waals surface area contributed by atoms with Crippen LogP contribution in [0.25, 0.3) is 0 Å². The Morgan fingerprint density at radius 3 is 2.42 bits per heavy atom. The highest BCUT2D eigenvalue weighted by molar-refractivity contribution is 5.76. The van der Waals surface area contributed by atoms with Crippen LogP contribution in [0.3, 0.4) is 0 Å². The van der Waals surface area contributed by atoms with Crippen LogP contribution < -0.4 is 10.6 Å². The van der Waals surface area contributed by atoms with Crippen molar-refractivity contribution in [2.45, 2.75) is 109 Å². The smallest absolute Gasteiger partial charge is 0.306 e. The number of hydrogen-bond acceptors (Lipinski definition) is 10. The number of ether oxygens (including phenoxy) is 6. The topological polar surface area (TPSA) is 137 Å². The fourth-order valence-corrected chi connectivity index (χ4v) is 6.08. The lowest BCUT2D eigenvalue weighted by molar-refractivity contribution is -0.172. The highest BCUT2D eigenvalue weighted by Crippen LogP contribution is 2.59. The van der Waals surface area contributed by atoms with Gasteiger partial charge in [-0.05, 0) is 52.4 Å². The van der Waals surface area contributed by atoms with Crippen molar-refractivity contribution in [3.63, 3.8) is 0 Å². The second kappa shape index (κ2) is 17.0. The standard InChI is InChI=1S/C32H54N2O9/c1-22(2)9-10-26-31(5,43-26)30-29(38-6)25(11-13-32(30)21-41-32)42-28(37)8-7-16-39-18-19-40-17-15-34-27(36)12-14-33-24(20-35)23(3)4/h9,20,23-26,29-30,33H,7-8,10-19,21H2,1-6H3,(H,34,36)/t24-,25?,26-,29?,30?,31-,32+/m1/s1. The zero-order valence-electron chi connectivity index (χ0n) is 27.0. The van der Waals surface area contributed by atoms with E-state index in [0.717, 1.165) is 19.1 Å². The Labute approximate surface area is 257 Å². The number of amides is 1. The molecule has 1 saturated carbocycles. The highest BCUT2D eigenvalue weighted by Gasteiger charge is 2.72. The Kier molecular flexibility index (Phi) is 14.1. The van der Waals surface area contributed by atoms with Gasteiger partial charge in [-0.2, -0.15) is 0 Å². The molecule has 0 aromatic heterocycles. The highest BCUT2D eigenvalue weighted by atomic mass is 16.6. The first kappa shape index (κ1) is 35.6. The van der Waals surface area contributed by atoms with Crippen molar-refractivity contribution in [3.05, 3.63) is 11.6 Å². The first-order chi connectivity index (χ1) is 20.6. The van der Waals surface area contributed by atoms with Crippen LogP contribution in [-0.4, -0.2) is 107 Å². The normalized spacial score (nSPS) is 30.1. The molecule has 0 bridgehead atoms. The number of hydrogen-bond donors (Lipinski definition) is 2. The first-order valence-corrected chi connectivity index (χ1v) is 15.8. The van der Waals surface area contributed by atoms with Crippen LogP contribution in [0.4, 0.5) is 0 Å². The van der Waals surface area contributed by atoms with E-state index in [9.17, 15) is 14.4 Å². The maximum atomic E-state index is 12.7. The van der Waals surface area contributed by atoms with Crippen LogP contribution >= 0.6 is 0 Å². The summed E-state index contributed by atoms with van der Waals surface area (Å²) in [5, 5.41) is 5.86. The van der Waals surface area contributed by atoms with E-state index >= 15 is 0 Å². The van der Waals surface area contributed by atoms with Gasteiger partial charge in [-0.15, -0.1) is 0 Å². The third kappa shape index (κ3) is 10.6. The predicted molar refractivity (Wildman–Crippen MR) is 161 cm³/mol. The van der Waals surface area contributed by atoms with Gasteiger partial charge in [0.1, 0.15) is 29.7 Å². The third-order valence-electron chi connectivity index (χ3n) is 8.73. The number of esters is 1. The van der Waals surface area contributed by atoms with Crippen LogP contribution in [0.5, 0.6) is 0 Å². The summed E-state index contributed by atoms with van der Waals surface area (Å²) in [6.45, 7) is 13.4. The molecule has 2 aliphatic heterocycles. The quantitative estimate of drug-likeness (QED) is 0.0656. The Morgan fingerprint density at radius 2 is 1.79 bits per heavy atom. The molecular formula is C32H54N2O9. The van der Waals surface area contributed by atoms with E-state index in [2.05, 4.69) is 37.5 Å². The molecule has 2 N–H and O–H groups in total. The van der Waals surface area contributed by atoms with Gasteiger partial charge >= 0.3 is 5.97 Å². The molecule has 11 nitrogen and oxygen atoms in total. The lowest BCUT2D eigenvalue weighted by atomic mass is 9.68. The molecule has 11 heteroatoms. The number of allylic oxidation sites excluding steroid dienone is 1. The number of rotatable bonds is 21. The lowest BCUT2D eigenvalue weighted by Crippen LogP contribution is -2.55. The molecule has 0 aromatic carbocycles. The molecule has 1 spiro atoms. The molecule has 3 rings (SSSR count). The van der Waals surface area contributed by atoms with Crippen molar-refractivity contribution in [3.8, 4) is 0 Å². The van der Waals surface area contributed by atoms with Gasteiger partial charge in [0.15, 0.2) is 0 Å². The van der Waals surface area contributed by atoms with E-state index in [1.165, 1.54) is 5.57 Å². The van der Waals surface area contributed by atoms with Crippen LogP contribution in [0.1, 0.15) is 73.1 Å². The van der Waals surface area contributed by atoms with Crippen LogP contribution in [0.15, 0.2) is 11.6 Å². The van der Waals surface area contributed by atoms with Gasteiger partial charge in [-0.3, -0.25) is 9.59 Å². The lowest BCUT2D eigenvalue weighted by Gasteiger charge is -2.42. The number of methoxy groups -OCH3 is 1. The monoisotopic (exact) mass is 610 g/mol. The minimum atomic E-state index is -0.359. The Morgan fingerprint density at radius 1 is 1.07 bits per heavy atom. The molecule has 2 saturated heterocycles. The van der Waals surface area contributed by atoms with Gasteiger partial charge in [-0.1, -0.05) is 25.5 Å². The van der Waals surface area contributed by atoms with Gasteiger partial charge in [0, 0.05) is 39.6 Å². The van der Waals surface area contributed by atoms with E-state index in [1.807, 2.05) is 13.8 Å². The molecular weight excluding hydrogens is 556 g/mol. The van der Waals surface area contributed by atoms with E-state index in [1.54, 1.807) is 7.11 Å². The zero-order chi connectivity index (χ0) is 31.5. The second-order valence-corrected chi connectivity index (χ2v) is 12.7. The Balaban J connectivity index is 1.24. The molecule has 1 amide bonds. The largest absolute Gasteiger partial charge is 0.460 e. The summed E-state index contributed by atoms with van der Waals surface area (Å²) in [4.78, 5) is 35.5. The molecule has 3 fully saturated rings. The first-order valence-electron chi connectivity index (χ1n) is 15.8. The van der Waals surface area contributed by atoms with Gasteiger partial charge in [0.25, 0.3) is 0 Å². The van der Waals surface area contributed by atoms with Crippen molar-refractivity contribution < 1.29 is 42.8 Å². The molecule has 3 unspecified atom stereocenters. The van der Waals surface area contributed by atoms with Crippen molar-refractivity contribution >= 4 is 18.2 Å². The van der Waals surface area contributed by atoms with Crippen LogP contribution in [0, 0.1) is 11.8 Å². The van der Waals surface area contributed by atoms with E-state index in [-0.39, 0.29) is 65.7 Å². The molecule has 3 aliphatic rings. The molecule has 1 aliphatic carbocycles. The average Bonchev–Trinajstić information content (AvgIpc) is 3.88. The van der Waals surface area contributed by atoms with Crippen LogP contribution in [-0.2, 0) is 42.8 Å². The number of nitrogens with one attached hydrogen (secondary N) is 2. The average molecular weight is 611 g/mol. The van der Waals surface area contributed by atoms with Gasteiger partial charge in [0.05, 0.1) is 44.5 Å². The van der Waals surface area contributed by atoms with Gasteiger partial charge in [-0.25, -0.2) is 0 Å². The molecule has 0 radical (unpaired) electrons. The minimum absolute atomic E-state index is 0.00617. The number of epoxide rings is 2. The number of carbonyl (C=O) groups is 3. The van der Waals surface area contributed by atoms with Gasteiger partial charge < -0.3 is 43.8 Å². The summed E-state index contributed by atoms with van der Waals surface area (Å²) in [6, 6.07) is -0.239. The summed E-state index contributed by atoms with van der Waals surface area (Å²) < 4.78 is 35.2. The summed E-state index contributed by atoms with van der Waals surface area (Å²) in [5.41, 5.74) is 0.665. The number of aldehydes is 1. The van der Waals surface area contributed by atoms with Crippen molar-refractivity contribution in [2.75, 3.05) is 53.2 Å². The van der Waals surface area contributed by atoms with Crippen molar-refractivity contribution in [1.29, 1.82) is 0 Å². The molecule has 43 heavy (non-hydrogen) atoms. The minimum Gasteiger partial charge on any atom is -0.460 e. The van der Waals surface area contributed by atoms with E-state index in [4.69, 9.17) is 28.4 Å². The summed E-state index contributed by atoms with van der Waals surface area (Å²) in [5.74, 6) is -0.149. The second-order valence-electron chi connectivity index (χ2n) is 12.7. The van der Waals surface area contributed by atoms with Crippen molar-refractivity contribution in [2.24, 2.45) is 11.8 Å².